The van der Waals surface area contributed by atoms with E-state index in [2.05, 4.69) is 34.2 Å². The minimum atomic E-state index is -0.497. The lowest BCUT2D eigenvalue weighted by molar-refractivity contribution is -0.384. The van der Waals surface area contributed by atoms with Gasteiger partial charge in [0.15, 0.2) is 0 Å². The summed E-state index contributed by atoms with van der Waals surface area (Å²) in [6.45, 7) is 5.69. The van der Waals surface area contributed by atoms with Gasteiger partial charge in [0.25, 0.3) is 5.69 Å². The molecule has 0 saturated heterocycles. The van der Waals surface area contributed by atoms with Crippen LogP contribution in [-0.2, 0) is 0 Å². The van der Waals surface area contributed by atoms with E-state index in [4.69, 9.17) is 18.3 Å². The Bertz CT molecular complexity index is 1550. The maximum atomic E-state index is 11.8. The predicted octanol–water partition coefficient (Wildman–Crippen LogP) is 8.95. The van der Waals surface area contributed by atoms with Gasteiger partial charge < -0.3 is 18.3 Å². The number of unbranched alkanes of at least 4 members (excludes halogenated alkanes) is 6. The Balaban J connectivity index is 1.29. The summed E-state index contributed by atoms with van der Waals surface area (Å²) in [7, 11) is 0. The molecule has 0 amide bonds. The van der Waals surface area contributed by atoms with Crippen molar-refractivity contribution >= 4 is 5.69 Å². The van der Waals surface area contributed by atoms with E-state index in [1.807, 2.05) is 48.5 Å². The van der Waals surface area contributed by atoms with Gasteiger partial charge in [0.1, 0.15) is 11.5 Å². The van der Waals surface area contributed by atoms with E-state index < -0.39 is 4.92 Å². The van der Waals surface area contributed by atoms with Crippen LogP contribution in [0.3, 0.4) is 0 Å². The lowest BCUT2D eigenvalue weighted by Gasteiger charge is -2.06. The Labute approximate surface area is 261 Å². The third kappa shape index (κ3) is 8.53. The number of benzene rings is 3. The zero-order chi connectivity index (χ0) is 31.4. The summed E-state index contributed by atoms with van der Waals surface area (Å²) in [5.41, 5.74) is 1.93. The number of non-ortho nitro benzene ring substituents is 1. The van der Waals surface area contributed by atoms with Gasteiger partial charge in [0, 0.05) is 34.4 Å². The van der Waals surface area contributed by atoms with Crippen LogP contribution in [0.2, 0.25) is 0 Å². The predicted molar refractivity (Wildman–Crippen MR) is 170 cm³/mol. The van der Waals surface area contributed by atoms with Crippen molar-refractivity contribution in [3.8, 4) is 57.3 Å². The van der Waals surface area contributed by atoms with Gasteiger partial charge in [-0.2, -0.15) is 0 Å². The lowest BCUT2D eigenvalue weighted by Crippen LogP contribution is -1.96. The molecule has 0 spiro atoms. The highest BCUT2D eigenvalue weighted by Gasteiger charge is 2.20. The molecule has 3 aromatic carbocycles. The summed E-state index contributed by atoms with van der Waals surface area (Å²) < 4.78 is 23.5. The average Bonchev–Trinajstić information content (AvgIpc) is 3.76. The quantitative estimate of drug-likeness (QED) is 0.0568. The van der Waals surface area contributed by atoms with E-state index in [1.165, 1.54) is 37.8 Å². The molecule has 11 heteroatoms. The maximum absolute atomic E-state index is 11.8. The number of aromatic nitrogens is 4. The number of ether oxygens (including phenoxy) is 2. The van der Waals surface area contributed by atoms with Crippen molar-refractivity contribution in [2.45, 2.75) is 65.2 Å². The van der Waals surface area contributed by atoms with Crippen LogP contribution in [0.25, 0.3) is 45.8 Å². The number of rotatable bonds is 17. The summed E-state index contributed by atoms with van der Waals surface area (Å²) in [4.78, 5) is 11.3. The Hall–Kier alpha value is -5.06. The Kier molecular flexibility index (Phi) is 10.9. The molecule has 0 bridgehead atoms. The molecule has 0 radical (unpaired) electrons. The lowest BCUT2D eigenvalue weighted by atomic mass is 10.1. The van der Waals surface area contributed by atoms with Crippen LogP contribution in [0.15, 0.2) is 75.6 Å². The molecule has 234 valence electrons. The summed E-state index contributed by atoms with van der Waals surface area (Å²) >= 11 is 0. The van der Waals surface area contributed by atoms with E-state index >= 15 is 0 Å². The third-order valence-electron chi connectivity index (χ3n) is 7.21. The number of nitro groups is 1. The van der Waals surface area contributed by atoms with E-state index in [0.717, 1.165) is 37.2 Å². The Morgan fingerprint density at radius 1 is 0.578 bits per heavy atom. The van der Waals surface area contributed by atoms with Gasteiger partial charge in [-0.05, 0) is 67.4 Å². The molecular weight excluding hydrogens is 574 g/mol. The number of hydrogen-bond acceptors (Lipinski definition) is 10. The highest BCUT2D eigenvalue weighted by Crippen LogP contribution is 2.33. The zero-order valence-corrected chi connectivity index (χ0v) is 25.6. The van der Waals surface area contributed by atoms with Gasteiger partial charge >= 0.3 is 0 Å². The number of nitrogens with zero attached hydrogens (tertiary/aromatic N) is 5. The van der Waals surface area contributed by atoms with Crippen molar-refractivity contribution in [3.05, 3.63) is 76.8 Å². The SMILES string of the molecule is CCCCCCOc1ccc(-c2nnc(-c3cc(-c4nnc(-c5ccc(OCCCCCC)cc5)o4)cc([N+](=O)[O-])c3)o2)cc1. The van der Waals surface area contributed by atoms with Gasteiger partial charge in [-0.3, -0.25) is 10.1 Å². The molecule has 2 aromatic heterocycles. The summed E-state index contributed by atoms with van der Waals surface area (Å²) in [6, 6.07) is 19.1. The number of nitro benzene ring substituents is 1. The first-order valence-electron chi connectivity index (χ1n) is 15.5. The molecule has 0 atom stereocenters. The van der Waals surface area contributed by atoms with Crippen molar-refractivity contribution in [1.29, 1.82) is 0 Å². The first kappa shape index (κ1) is 31.4. The molecule has 45 heavy (non-hydrogen) atoms. The van der Waals surface area contributed by atoms with Crippen LogP contribution in [-0.4, -0.2) is 38.5 Å². The molecule has 5 aromatic rings. The second kappa shape index (κ2) is 15.6. The fourth-order valence-electron chi connectivity index (χ4n) is 4.70. The summed E-state index contributed by atoms with van der Waals surface area (Å²) in [6.07, 6.45) is 9.09. The normalized spacial score (nSPS) is 11.1. The van der Waals surface area contributed by atoms with Crippen LogP contribution in [0, 0.1) is 10.1 Å². The van der Waals surface area contributed by atoms with Crippen molar-refractivity contribution in [2.24, 2.45) is 0 Å². The van der Waals surface area contributed by atoms with Crippen LogP contribution < -0.4 is 9.47 Å². The monoisotopic (exact) mass is 611 g/mol. The molecule has 5 rings (SSSR count). The topological polar surface area (TPSA) is 139 Å². The van der Waals surface area contributed by atoms with Crippen molar-refractivity contribution < 1.29 is 23.2 Å². The van der Waals surface area contributed by atoms with Gasteiger partial charge in [-0.1, -0.05) is 52.4 Å². The molecule has 11 nitrogen and oxygen atoms in total. The second-order valence-corrected chi connectivity index (χ2v) is 10.7. The third-order valence-corrected chi connectivity index (χ3v) is 7.21. The first-order chi connectivity index (χ1) is 22.0. The van der Waals surface area contributed by atoms with Crippen molar-refractivity contribution in [3.63, 3.8) is 0 Å². The van der Waals surface area contributed by atoms with E-state index in [-0.39, 0.29) is 29.3 Å². The fraction of sp³-hybridized carbons (Fsp3) is 0.353. The first-order valence-corrected chi connectivity index (χ1v) is 15.5. The standard InChI is InChI=1S/C34H37N5O6/c1-3-5-7-9-19-42-29-15-11-24(12-16-29)31-35-37-33(44-31)26-21-27(23-28(22-26)39(40)41)34-38-36-32(45-34)25-13-17-30(18-14-25)43-20-10-8-6-4-2/h11-18,21-23H,3-10,19-20H2,1-2H3. The zero-order valence-electron chi connectivity index (χ0n) is 25.6. The average molecular weight is 612 g/mol. The second-order valence-electron chi connectivity index (χ2n) is 10.7. The van der Waals surface area contributed by atoms with Crippen LogP contribution in [0.4, 0.5) is 5.69 Å². The highest BCUT2D eigenvalue weighted by atomic mass is 16.6. The largest absolute Gasteiger partial charge is 0.494 e. The molecule has 0 unspecified atom stereocenters. The maximum Gasteiger partial charge on any atom is 0.271 e. The molecule has 0 saturated carbocycles. The molecule has 0 aliphatic heterocycles. The Morgan fingerprint density at radius 2 is 0.978 bits per heavy atom. The molecule has 0 fully saturated rings. The molecular formula is C34H37N5O6. The van der Waals surface area contributed by atoms with Crippen LogP contribution >= 0.6 is 0 Å². The fourth-order valence-corrected chi connectivity index (χ4v) is 4.70. The van der Waals surface area contributed by atoms with Gasteiger partial charge in [0.05, 0.1) is 18.1 Å². The van der Waals surface area contributed by atoms with Crippen molar-refractivity contribution in [1.82, 2.24) is 20.4 Å². The van der Waals surface area contributed by atoms with E-state index in [9.17, 15) is 10.1 Å². The van der Waals surface area contributed by atoms with Gasteiger partial charge in [-0.15, -0.1) is 20.4 Å². The smallest absolute Gasteiger partial charge is 0.271 e. The Morgan fingerprint density at radius 3 is 1.36 bits per heavy atom. The van der Waals surface area contributed by atoms with Crippen LogP contribution in [0.1, 0.15) is 65.2 Å². The molecule has 2 heterocycles. The minimum Gasteiger partial charge on any atom is -0.494 e. The minimum absolute atomic E-state index is 0.122. The van der Waals surface area contributed by atoms with E-state index in [1.54, 1.807) is 6.07 Å². The van der Waals surface area contributed by atoms with E-state index in [0.29, 0.717) is 35.5 Å². The summed E-state index contributed by atoms with van der Waals surface area (Å²) in [5, 5.41) is 28.4. The van der Waals surface area contributed by atoms with Gasteiger partial charge in [-0.25, -0.2) is 0 Å². The molecule has 0 aliphatic carbocycles. The van der Waals surface area contributed by atoms with Crippen molar-refractivity contribution in [2.75, 3.05) is 13.2 Å². The molecule has 0 N–H and O–H groups in total. The molecule has 0 aliphatic rings. The highest BCUT2D eigenvalue weighted by molar-refractivity contribution is 5.70. The number of hydrogen-bond donors (Lipinski definition) is 0. The van der Waals surface area contributed by atoms with Crippen LogP contribution in [0.5, 0.6) is 11.5 Å². The summed E-state index contributed by atoms with van der Waals surface area (Å²) in [5.74, 6) is 2.33. The van der Waals surface area contributed by atoms with Gasteiger partial charge in [0.2, 0.25) is 23.6 Å².